The molecular formula is C26H23BrN8O4. The number of piperidine rings is 1. The largest absolute Gasteiger partial charge is 0.467 e. The molecule has 0 bridgehead atoms. The molecule has 1 unspecified atom stereocenters. The standard InChI is InChI=1S/C26H23BrN8O4/c1-13(36)24-17-5-14(16-8-29-26(39-2)30-9-16)3-4-18(17)34(33-24)12-23(37)35-19-6-15(19)7-20(35)25(38)32-22-11-28-10-21(27)31-22/h3-5,8-11,15,19-20H,6-7,12H2,1-2H3,(H,31,32,38)/t15-,19?,20+/m1/s1. The number of carbonyl (C=O) groups excluding carboxylic acids is 3. The van der Waals surface area contributed by atoms with Crippen molar-refractivity contribution in [3.05, 3.63) is 53.3 Å². The normalized spacial score (nSPS) is 19.6. The minimum Gasteiger partial charge on any atom is -0.467 e. The molecule has 3 aromatic heterocycles. The van der Waals surface area contributed by atoms with Gasteiger partial charge in [0.1, 0.15) is 22.9 Å². The number of methoxy groups -OCH3 is 1. The van der Waals surface area contributed by atoms with Crippen LogP contribution in [0.15, 0.2) is 47.6 Å². The molecule has 0 spiro atoms. The summed E-state index contributed by atoms with van der Waals surface area (Å²) in [7, 11) is 1.49. The monoisotopic (exact) mass is 590 g/mol. The molecule has 4 heterocycles. The first kappa shape index (κ1) is 25.0. The van der Waals surface area contributed by atoms with Crippen LogP contribution in [0.4, 0.5) is 5.82 Å². The summed E-state index contributed by atoms with van der Waals surface area (Å²) in [5.74, 6) is -0.138. The second-order valence-corrected chi connectivity index (χ2v) is 10.4. The smallest absolute Gasteiger partial charge is 0.316 e. The van der Waals surface area contributed by atoms with E-state index in [4.69, 9.17) is 4.74 Å². The molecule has 1 saturated carbocycles. The van der Waals surface area contributed by atoms with E-state index in [-0.39, 0.29) is 41.9 Å². The van der Waals surface area contributed by atoms with Gasteiger partial charge in [-0.3, -0.25) is 24.0 Å². The van der Waals surface area contributed by atoms with Crippen molar-refractivity contribution in [1.82, 2.24) is 34.6 Å². The van der Waals surface area contributed by atoms with Gasteiger partial charge in [0.25, 0.3) is 0 Å². The molecular weight excluding hydrogens is 568 g/mol. The van der Waals surface area contributed by atoms with Crippen LogP contribution in [0, 0.1) is 5.92 Å². The molecule has 39 heavy (non-hydrogen) atoms. The number of likely N-dealkylation sites (tertiary alicyclic amines) is 1. The lowest BCUT2D eigenvalue weighted by molar-refractivity contribution is -0.138. The predicted molar refractivity (Wildman–Crippen MR) is 143 cm³/mol. The quantitative estimate of drug-likeness (QED) is 0.321. The third kappa shape index (κ3) is 4.73. The zero-order valence-corrected chi connectivity index (χ0v) is 22.6. The Balaban J connectivity index is 1.26. The Bertz CT molecular complexity index is 1620. The Morgan fingerprint density at radius 3 is 2.62 bits per heavy atom. The summed E-state index contributed by atoms with van der Waals surface area (Å²) in [6, 6.07) is 5.19. The van der Waals surface area contributed by atoms with E-state index in [0.717, 1.165) is 17.5 Å². The number of rotatable bonds is 7. The van der Waals surface area contributed by atoms with Crippen molar-refractivity contribution in [1.29, 1.82) is 0 Å². The highest BCUT2D eigenvalue weighted by atomic mass is 79.9. The van der Waals surface area contributed by atoms with Crippen LogP contribution in [-0.4, -0.2) is 71.4 Å². The van der Waals surface area contributed by atoms with Gasteiger partial charge in [0.2, 0.25) is 11.8 Å². The second-order valence-electron chi connectivity index (χ2n) is 9.58. The van der Waals surface area contributed by atoms with Crippen molar-refractivity contribution >= 4 is 50.2 Å². The van der Waals surface area contributed by atoms with Crippen molar-refractivity contribution in [2.45, 2.75) is 38.4 Å². The van der Waals surface area contributed by atoms with E-state index in [1.807, 2.05) is 18.2 Å². The molecule has 4 aromatic rings. The molecule has 13 heteroatoms. The maximum atomic E-state index is 13.6. The number of hydrogen-bond acceptors (Lipinski definition) is 9. The first-order chi connectivity index (χ1) is 18.8. The van der Waals surface area contributed by atoms with E-state index in [2.05, 4.69) is 46.3 Å². The van der Waals surface area contributed by atoms with Crippen molar-refractivity contribution in [3.8, 4) is 17.1 Å². The van der Waals surface area contributed by atoms with Gasteiger partial charge in [-0.1, -0.05) is 6.07 Å². The first-order valence-electron chi connectivity index (χ1n) is 12.3. The summed E-state index contributed by atoms with van der Waals surface area (Å²) >= 11 is 3.25. The number of aromatic nitrogens is 6. The van der Waals surface area contributed by atoms with Crippen LogP contribution < -0.4 is 10.1 Å². The van der Waals surface area contributed by atoms with Gasteiger partial charge >= 0.3 is 6.01 Å². The van der Waals surface area contributed by atoms with Crippen LogP contribution in [0.25, 0.3) is 22.0 Å². The van der Waals surface area contributed by atoms with Gasteiger partial charge in [-0.2, -0.15) is 5.10 Å². The lowest BCUT2D eigenvalue weighted by atomic mass is 10.0. The number of benzene rings is 1. The molecule has 2 aliphatic rings. The van der Waals surface area contributed by atoms with Crippen LogP contribution >= 0.6 is 15.9 Å². The number of hydrogen-bond donors (Lipinski definition) is 1. The maximum absolute atomic E-state index is 13.6. The summed E-state index contributed by atoms with van der Waals surface area (Å²) in [5.41, 5.74) is 2.45. The number of nitrogens with one attached hydrogen (secondary N) is 1. The molecule has 2 fully saturated rings. The number of carbonyl (C=O) groups is 3. The Morgan fingerprint density at radius 2 is 1.90 bits per heavy atom. The fourth-order valence-corrected chi connectivity index (χ4v) is 5.49. The summed E-state index contributed by atoms with van der Waals surface area (Å²) in [6.07, 6.45) is 7.72. The molecule has 1 aliphatic carbocycles. The third-order valence-corrected chi connectivity index (χ3v) is 7.45. The highest BCUT2D eigenvalue weighted by Gasteiger charge is 2.56. The predicted octanol–water partition coefficient (Wildman–Crippen LogP) is 2.89. The van der Waals surface area contributed by atoms with E-state index in [1.165, 1.54) is 31.1 Å². The van der Waals surface area contributed by atoms with Crippen LogP contribution in [0.5, 0.6) is 6.01 Å². The first-order valence-corrected chi connectivity index (χ1v) is 13.1. The van der Waals surface area contributed by atoms with Gasteiger partial charge in [-0.05, 0) is 52.4 Å². The molecule has 1 aliphatic heterocycles. The number of ketones is 1. The number of Topliss-reactive ketones (excluding diaryl/α,β-unsaturated/α-hetero) is 1. The topological polar surface area (TPSA) is 145 Å². The van der Waals surface area contributed by atoms with E-state index >= 15 is 0 Å². The lowest BCUT2D eigenvalue weighted by Crippen LogP contribution is -2.46. The van der Waals surface area contributed by atoms with E-state index in [0.29, 0.717) is 33.7 Å². The molecule has 6 rings (SSSR count). The second kappa shape index (κ2) is 9.80. The highest BCUT2D eigenvalue weighted by molar-refractivity contribution is 9.10. The molecule has 1 N–H and O–H groups in total. The third-order valence-electron chi connectivity index (χ3n) is 7.06. The lowest BCUT2D eigenvalue weighted by Gasteiger charge is -2.26. The van der Waals surface area contributed by atoms with Gasteiger partial charge in [0, 0.05) is 36.3 Å². The van der Waals surface area contributed by atoms with Gasteiger partial charge < -0.3 is 15.0 Å². The van der Waals surface area contributed by atoms with Gasteiger partial charge in [-0.15, -0.1) is 0 Å². The maximum Gasteiger partial charge on any atom is 0.316 e. The molecule has 2 amide bonds. The Hall–Kier alpha value is -4.26. The van der Waals surface area contributed by atoms with Crippen LogP contribution in [0.3, 0.4) is 0 Å². The van der Waals surface area contributed by atoms with Gasteiger partial charge in [0.05, 0.1) is 25.0 Å². The van der Waals surface area contributed by atoms with Crippen LogP contribution in [0.2, 0.25) is 0 Å². The molecule has 12 nitrogen and oxygen atoms in total. The zero-order valence-electron chi connectivity index (χ0n) is 21.0. The summed E-state index contributed by atoms with van der Waals surface area (Å²) < 4.78 is 7.06. The fourth-order valence-electron chi connectivity index (χ4n) is 5.18. The molecule has 3 atom stereocenters. The minimum atomic E-state index is -0.613. The number of fused-ring (bicyclic) bond motifs is 2. The Morgan fingerprint density at radius 1 is 1.10 bits per heavy atom. The van der Waals surface area contributed by atoms with E-state index in [9.17, 15) is 14.4 Å². The Kier molecular flexibility index (Phi) is 6.29. The van der Waals surface area contributed by atoms with Gasteiger partial charge in [-0.25, -0.2) is 15.0 Å². The van der Waals surface area contributed by atoms with Crippen molar-refractivity contribution < 1.29 is 19.1 Å². The van der Waals surface area contributed by atoms with Crippen LogP contribution in [-0.2, 0) is 16.1 Å². The molecule has 198 valence electrons. The highest BCUT2D eigenvalue weighted by Crippen LogP contribution is 2.48. The number of ether oxygens (including phenoxy) is 1. The average Bonchev–Trinajstić information content (AvgIpc) is 3.43. The van der Waals surface area contributed by atoms with E-state index in [1.54, 1.807) is 17.3 Å². The average molecular weight is 591 g/mol. The summed E-state index contributed by atoms with van der Waals surface area (Å²) in [6.45, 7) is 1.34. The molecule has 1 aromatic carbocycles. The fraction of sp³-hybridized carbons (Fsp3) is 0.308. The van der Waals surface area contributed by atoms with Crippen molar-refractivity contribution in [2.75, 3.05) is 12.4 Å². The number of nitrogens with zero attached hydrogens (tertiary/aromatic N) is 7. The SMILES string of the molecule is COc1ncc(-c2ccc3c(c2)c(C(C)=O)nn3CC(=O)N2C3C[C@@H]3C[C@H]2C(=O)Nc2cncc(Br)n2)cn1. The van der Waals surface area contributed by atoms with Crippen LogP contribution in [0.1, 0.15) is 30.3 Å². The summed E-state index contributed by atoms with van der Waals surface area (Å²) in [4.78, 5) is 57.3. The molecule has 1 saturated heterocycles. The summed E-state index contributed by atoms with van der Waals surface area (Å²) in [5, 5.41) is 7.89. The van der Waals surface area contributed by atoms with E-state index < -0.39 is 6.04 Å². The van der Waals surface area contributed by atoms with Crippen molar-refractivity contribution in [3.63, 3.8) is 0 Å². The molecule has 0 radical (unpaired) electrons. The number of anilines is 1. The Labute approximate surface area is 230 Å². The zero-order chi connectivity index (χ0) is 27.3. The minimum absolute atomic E-state index is 0.0256. The number of halogens is 1. The van der Waals surface area contributed by atoms with Gasteiger partial charge in [0.15, 0.2) is 11.6 Å². The van der Waals surface area contributed by atoms with Crippen molar-refractivity contribution in [2.24, 2.45) is 5.92 Å². The number of amides is 2.